The van der Waals surface area contributed by atoms with Crippen LogP contribution in [0.3, 0.4) is 0 Å². The summed E-state index contributed by atoms with van der Waals surface area (Å²) in [6, 6.07) is 0. The van der Waals surface area contributed by atoms with E-state index in [2.05, 4.69) is 137 Å². The molecular formula is C79H132O17P2. The molecule has 0 spiro atoms. The first-order valence-electron chi connectivity index (χ1n) is 37.4. The van der Waals surface area contributed by atoms with Gasteiger partial charge in [0.2, 0.25) is 0 Å². The molecule has 5 atom stereocenters. The zero-order valence-corrected chi connectivity index (χ0v) is 62.7. The van der Waals surface area contributed by atoms with Crippen molar-refractivity contribution in [3.63, 3.8) is 0 Å². The fourth-order valence-corrected chi connectivity index (χ4v) is 11.0. The second-order valence-corrected chi connectivity index (χ2v) is 27.4. The van der Waals surface area contributed by atoms with Gasteiger partial charge in [0.15, 0.2) is 12.2 Å². The van der Waals surface area contributed by atoms with Gasteiger partial charge in [-0.1, -0.05) is 251 Å². The molecule has 17 nitrogen and oxygen atoms in total. The minimum absolute atomic E-state index is 0.0522. The van der Waals surface area contributed by atoms with Crippen molar-refractivity contribution in [3.05, 3.63) is 134 Å². The lowest BCUT2D eigenvalue weighted by atomic mass is 10.1. The highest BCUT2D eigenvalue weighted by atomic mass is 31.2. The number of hydrogen-bond acceptors (Lipinski definition) is 15. The average molecular weight is 1420 g/mol. The fourth-order valence-electron chi connectivity index (χ4n) is 9.45. The Morgan fingerprint density at radius 3 is 0.939 bits per heavy atom. The van der Waals surface area contributed by atoms with E-state index in [0.717, 1.165) is 161 Å². The molecule has 0 bridgehead atoms. The van der Waals surface area contributed by atoms with E-state index in [-0.39, 0.29) is 25.7 Å². The molecule has 0 saturated heterocycles. The highest BCUT2D eigenvalue weighted by Crippen LogP contribution is 2.45. The van der Waals surface area contributed by atoms with Crippen LogP contribution < -0.4 is 0 Å². The highest BCUT2D eigenvalue weighted by molar-refractivity contribution is 7.47. The Labute approximate surface area is 593 Å². The van der Waals surface area contributed by atoms with E-state index in [1.54, 1.807) is 6.08 Å². The summed E-state index contributed by atoms with van der Waals surface area (Å²) >= 11 is 0. The first kappa shape index (κ1) is 93.2. The molecule has 0 fully saturated rings. The summed E-state index contributed by atoms with van der Waals surface area (Å²) in [7, 11) is -9.99. The lowest BCUT2D eigenvalue weighted by molar-refractivity contribution is -0.161. The number of aliphatic hydroxyl groups excluding tert-OH is 1. The van der Waals surface area contributed by atoms with Crippen molar-refractivity contribution in [2.24, 2.45) is 0 Å². The summed E-state index contributed by atoms with van der Waals surface area (Å²) in [4.78, 5) is 72.7. The van der Waals surface area contributed by atoms with Crippen LogP contribution in [0.15, 0.2) is 134 Å². The maximum absolute atomic E-state index is 13.1. The van der Waals surface area contributed by atoms with E-state index in [9.17, 15) is 43.2 Å². The molecule has 0 heterocycles. The third-order valence-corrected chi connectivity index (χ3v) is 17.0. The van der Waals surface area contributed by atoms with Crippen molar-refractivity contribution in [2.45, 2.75) is 303 Å². The maximum atomic E-state index is 13.1. The number of aliphatic hydroxyl groups is 1. The number of phosphoric ester groups is 2. The topological polar surface area (TPSA) is 237 Å². The Kier molecular flexibility index (Phi) is 67.2. The minimum atomic E-state index is -5.00. The Bertz CT molecular complexity index is 2380. The summed E-state index contributed by atoms with van der Waals surface area (Å²) in [6.45, 7) is 4.43. The molecular weight excluding hydrogens is 1280 g/mol. The largest absolute Gasteiger partial charge is 0.472 e. The predicted molar refractivity (Wildman–Crippen MR) is 399 cm³/mol. The molecule has 0 aliphatic carbocycles. The van der Waals surface area contributed by atoms with Crippen LogP contribution in [-0.4, -0.2) is 96.7 Å². The first-order valence-corrected chi connectivity index (χ1v) is 40.4. The Morgan fingerprint density at radius 2 is 0.571 bits per heavy atom. The average Bonchev–Trinajstić information content (AvgIpc) is 1.04. The number of rotatable bonds is 69. The Morgan fingerprint density at radius 1 is 0.306 bits per heavy atom. The second kappa shape index (κ2) is 70.6. The summed E-state index contributed by atoms with van der Waals surface area (Å²) in [5.74, 6) is -2.37. The van der Waals surface area contributed by atoms with Crippen LogP contribution in [0.2, 0.25) is 0 Å². The molecule has 0 aliphatic heterocycles. The van der Waals surface area contributed by atoms with Crippen molar-refractivity contribution in [3.8, 4) is 0 Å². The third-order valence-electron chi connectivity index (χ3n) is 15.1. The van der Waals surface area contributed by atoms with E-state index < -0.39 is 97.5 Å². The number of carbonyl (C=O) groups excluding carboxylic acids is 4. The summed E-state index contributed by atoms with van der Waals surface area (Å²) in [6.07, 6.45) is 77.6. The molecule has 0 aromatic rings. The van der Waals surface area contributed by atoms with E-state index in [1.165, 1.54) is 44.9 Å². The van der Waals surface area contributed by atoms with Gasteiger partial charge in [0.25, 0.3) is 0 Å². The van der Waals surface area contributed by atoms with Crippen LogP contribution in [0.4, 0.5) is 0 Å². The lowest BCUT2D eigenvalue weighted by Crippen LogP contribution is -2.30. The van der Waals surface area contributed by atoms with Gasteiger partial charge in [-0.15, -0.1) is 0 Å². The molecule has 19 heteroatoms. The fraction of sp³-hybridized carbons (Fsp3) is 0.671. The van der Waals surface area contributed by atoms with Gasteiger partial charge in [-0.3, -0.25) is 37.3 Å². The normalized spacial score (nSPS) is 14.7. The van der Waals surface area contributed by atoms with Crippen LogP contribution >= 0.6 is 15.6 Å². The van der Waals surface area contributed by atoms with Crippen molar-refractivity contribution in [1.29, 1.82) is 0 Å². The predicted octanol–water partition coefficient (Wildman–Crippen LogP) is 21.3. The summed E-state index contributed by atoms with van der Waals surface area (Å²) in [5, 5.41) is 10.6. The maximum Gasteiger partial charge on any atom is 0.472 e. The molecule has 0 aliphatic rings. The van der Waals surface area contributed by atoms with Gasteiger partial charge in [-0.25, -0.2) is 9.13 Å². The Balaban J connectivity index is 5.45. The number of phosphoric acid groups is 2. The van der Waals surface area contributed by atoms with Crippen molar-refractivity contribution >= 4 is 39.5 Å². The van der Waals surface area contributed by atoms with Gasteiger partial charge in [-0.2, -0.15) is 0 Å². The first-order chi connectivity index (χ1) is 47.7. The lowest BCUT2D eigenvalue weighted by Gasteiger charge is -2.21. The van der Waals surface area contributed by atoms with Gasteiger partial charge < -0.3 is 33.8 Å². The molecule has 3 N–H and O–H groups in total. The van der Waals surface area contributed by atoms with Gasteiger partial charge in [-0.05, 0) is 141 Å². The molecule has 560 valence electrons. The third kappa shape index (κ3) is 69.7. The molecule has 0 aromatic heterocycles. The molecule has 5 unspecified atom stereocenters. The standard InChI is InChI=1S/C79H132O17P2/c1-5-9-13-17-21-25-29-33-36-40-43-47-51-55-59-63-76(81)89-69-74(95-78(83)65-61-57-53-49-45-39-32-28-24-20-16-12-8-4)71-93-97(85,86)91-67-73(80)68-92-98(87,88)94-72-75(96-79(84)66-62-58-54-50-46-42-38-35-31-27-23-19-15-11-7-3)70-90-77(82)64-60-56-52-48-44-41-37-34-30-26-22-18-14-10-6-2/h10-11,14-15,21-23,25-28,32-38,44,48,56,60,73-75,80H,5-9,12-13,16-20,24,29-31,39-43,45-47,49-55,57-59,61-72H2,1-4H3,(H,85,86)(H,87,88)/b14-10-,15-11-,25-21-,26-22-,27-23-,32-28-,36-33-,37-34-,38-35-,48-44-,60-56-. The zero-order chi connectivity index (χ0) is 71.8. The molecule has 98 heavy (non-hydrogen) atoms. The number of unbranched alkanes of at least 4 members (excludes halogenated alkanes) is 22. The van der Waals surface area contributed by atoms with Crippen LogP contribution in [0.1, 0.15) is 285 Å². The van der Waals surface area contributed by atoms with Gasteiger partial charge in [0, 0.05) is 19.3 Å². The Hall–Kier alpha value is -4.80. The van der Waals surface area contributed by atoms with Crippen molar-refractivity contribution in [1.82, 2.24) is 0 Å². The SMILES string of the molecule is CC/C=C\C/C=C\C/C=C\C/C=C\C/C=C\CC(=O)OCC(COP(=O)(O)OCC(O)COP(=O)(O)OCC(COC(=O)CCCCCCC/C=C\C/C=C\CCCCC)OC(=O)CCCCCCC/C=C\CCCCCC)OC(=O)CCCCCCC/C=C\C/C=C\C/C=C\CC. The van der Waals surface area contributed by atoms with Crippen LogP contribution in [0.25, 0.3) is 0 Å². The molecule has 0 saturated carbocycles. The number of carbonyl (C=O) groups is 4. The summed E-state index contributed by atoms with van der Waals surface area (Å²) < 4.78 is 68.3. The summed E-state index contributed by atoms with van der Waals surface area (Å²) in [5.41, 5.74) is 0. The van der Waals surface area contributed by atoms with Crippen LogP contribution in [0.5, 0.6) is 0 Å². The zero-order valence-electron chi connectivity index (χ0n) is 60.9. The van der Waals surface area contributed by atoms with Crippen LogP contribution in [0, 0.1) is 0 Å². The van der Waals surface area contributed by atoms with Crippen molar-refractivity contribution < 1.29 is 80.2 Å². The van der Waals surface area contributed by atoms with E-state index in [4.69, 9.17) is 37.0 Å². The number of allylic oxidation sites excluding steroid dienone is 21. The molecule has 0 amide bonds. The van der Waals surface area contributed by atoms with Crippen molar-refractivity contribution in [2.75, 3.05) is 39.6 Å². The number of ether oxygens (including phenoxy) is 4. The van der Waals surface area contributed by atoms with Gasteiger partial charge >= 0.3 is 39.5 Å². The molecule has 0 aromatic carbocycles. The molecule has 0 radical (unpaired) electrons. The second-order valence-electron chi connectivity index (χ2n) is 24.5. The smallest absolute Gasteiger partial charge is 0.462 e. The molecule has 0 rings (SSSR count). The quantitative estimate of drug-likeness (QED) is 0.0169. The minimum Gasteiger partial charge on any atom is -0.462 e. The van der Waals surface area contributed by atoms with Gasteiger partial charge in [0.05, 0.1) is 32.8 Å². The highest BCUT2D eigenvalue weighted by Gasteiger charge is 2.30. The van der Waals surface area contributed by atoms with E-state index in [0.29, 0.717) is 25.7 Å². The van der Waals surface area contributed by atoms with Crippen LogP contribution in [-0.2, 0) is 65.4 Å². The van der Waals surface area contributed by atoms with E-state index >= 15 is 0 Å². The number of hydrogen-bond donors (Lipinski definition) is 3. The van der Waals surface area contributed by atoms with Gasteiger partial charge in [0.1, 0.15) is 19.3 Å². The number of esters is 4. The monoisotopic (exact) mass is 1410 g/mol. The van der Waals surface area contributed by atoms with E-state index in [1.807, 2.05) is 18.2 Å².